The Hall–Kier alpha value is -1.10. The Morgan fingerprint density at radius 3 is 2.85 bits per heavy atom. The molecule has 2 nitrogen and oxygen atoms in total. The largest absolute Gasteiger partial charge is 0.298 e. The van der Waals surface area contributed by atoms with Gasteiger partial charge in [0.05, 0.1) is 6.07 Å². The van der Waals surface area contributed by atoms with Crippen molar-refractivity contribution in [2.24, 2.45) is 5.41 Å². The van der Waals surface area contributed by atoms with Crippen LogP contribution in [-0.2, 0) is 4.79 Å². The van der Waals surface area contributed by atoms with Gasteiger partial charge in [-0.2, -0.15) is 5.26 Å². The highest BCUT2D eigenvalue weighted by molar-refractivity contribution is 5.88. The summed E-state index contributed by atoms with van der Waals surface area (Å²) in [5, 5.41) is 9.05. The lowest BCUT2D eigenvalue weighted by Gasteiger charge is -2.29. The summed E-state index contributed by atoms with van der Waals surface area (Å²) in [5.74, 6) is 0.115. The summed E-state index contributed by atoms with van der Waals surface area (Å²) >= 11 is 0. The van der Waals surface area contributed by atoms with Gasteiger partial charge in [0.15, 0.2) is 5.78 Å². The Morgan fingerprint density at radius 2 is 2.38 bits per heavy atom. The van der Waals surface area contributed by atoms with Crippen molar-refractivity contribution in [1.82, 2.24) is 0 Å². The minimum atomic E-state index is -0.732. The second kappa shape index (κ2) is 3.74. The summed E-state index contributed by atoms with van der Waals surface area (Å²) in [7, 11) is 0. The summed E-state index contributed by atoms with van der Waals surface area (Å²) in [4.78, 5) is 11.6. The molecule has 0 radical (unpaired) electrons. The SMILES string of the molecule is C=C(C)CC1(C#N)CCCCC1=O. The van der Waals surface area contributed by atoms with Gasteiger partial charge in [-0.1, -0.05) is 12.0 Å². The van der Waals surface area contributed by atoms with Crippen LogP contribution in [0.15, 0.2) is 12.2 Å². The van der Waals surface area contributed by atoms with Crippen molar-refractivity contribution < 1.29 is 4.79 Å². The Bertz CT molecular complexity index is 274. The molecule has 0 saturated heterocycles. The van der Waals surface area contributed by atoms with E-state index in [1.807, 2.05) is 6.92 Å². The minimum absolute atomic E-state index is 0.115. The maximum absolute atomic E-state index is 11.6. The molecule has 1 unspecified atom stereocenters. The number of Topliss-reactive ketones (excluding diaryl/α,β-unsaturated/α-hetero) is 1. The predicted molar refractivity (Wildman–Crippen MR) is 51.0 cm³/mol. The Kier molecular flexibility index (Phi) is 2.87. The van der Waals surface area contributed by atoms with Crippen LogP contribution in [0.5, 0.6) is 0 Å². The molecule has 1 rings (SSSR count). The molecule has 2 heteroatoms. The highest BCUT2D eigenvalue weighted by Gasteiger charge is 2.39. The smallest absolute Gasteiger partial charge is 0.153 e. The number of ketones is 1. The molecular weight excluding hydrogens is 162 g/mol. The van der Waals surface area contributed by atoms with Gasteiger partial charge in [0.25, 0.3) is 0 Å². The van der Waals surface area contributed by atoms with Crippen molar-refractivity contribution >= 4 is 5.78 Å². The molecule has 0 aromatic heterocycles. The molecule has 0 spiro atoms. The predicted octanol–water partition coefficient (Wildman–Crippen LogP) is 2.61. The summed E-state index contributed by atoms with van der Waals surface area (Å²) in [6, 6.07) is 2.19. The molecule has 1 saturated carbocycles. The third-order valence-electron chi connectivity index (χ3n) is 2.61. The van der Waals surface area contributed by atoms with E-state index in [0.717, 1.165) is 24.8 Å². The van der Waals surface area contributed by atoms with Gasteiger partial charge in [0.1, 0.15) is 5.41 Å². The lowest BCUT2D eigenvalue weighted by atomic mass is 9.71. The topological polar surface area (TPSA) is 40.9 Å². The van der Waals surface area contributed by atoms with Gasteiger partial charge in [-0.3, -0.25) is 4.79 Å². The van der Waals surface area contributed by atoms with Crippen LogP contribution in [0.2, 0.25) is 0 Å². The van der Waals surface area contributed by atoms with Crippen LogP contribution in [-0.4, -0.2) is 5.78 Å². The zero-order valence-corrected chi connectivity index (χ0v) is 8.10. The standard InChI is InChI=1S/C11H15NO/c1-9(2)7-11(8-12)6-4-3-5-10(11)13/h1,3-7H2,2H3. The van der Waals surface area contributed by atoms with Crippen LogP contribution in [0.25, 0.3) is 0 Å². The average Bonchev–Trinajstić information content (AvgIpc) is 2.08. The van der Waals surface area contributed by atoms with Gasteiger partial charge >= 0.3 is 0 Å². The lowest BCUT2D eigenvalue weighted by molar-refractivity contribution is -0.128. The number of nitriles is 1. The monoisotopic (exact) mass is 177 g/mol. The fraction of sp³-hybridized carbons (Fsp3) is 0.636. The molecule has 0 aliphatic heterocycles. The molecule has 0 amide bonds. The van der Waals surface area contributed by atoms with E-state index in [1.165, 1.54) is 0 Å². The van der Waals surface area contributed by atoms with Crippen LogP contribution < -0.4 is 0 Å². The second-order valence-electron chi connectivity index (χ2n) is 3.96. The highest BCUT2D eigenvalue weighted by Crippen LogP contribution is 2.37. The third-order valence-corrected chi connectivity index (χ3v) is 2.61. The zero-order chi connectivity index (χ0) is 9.90. The van der Waals surface area contributed by atoms with Crippen LogP contribution in [0.3, 0.4) is 0 Å². The number of rotatable bonds is 2. The number of carbonyl (C=O) groups excluding carboxylic acids is 1. The normalized spacial score (nSPS) is 28.2. The summed E-state index contributed by atoms with van der Waals surface area (Å²) in [6.45, 7) is 5.65. The number of hydrogen-bond acceptors (Lipinski definition) is 2. The fourth-order valence-electron chi connectivity index (χ4n) is 1.95. The van der Waals surface area contributed by atoms with E-state index in [-0.39, 0.29) is 5.78 Å². The van der Waals surface area contributed by atoms with Crippen molar-refractivity contribution in [3.8, 4) is 6.07 Å². The van der Waals surface area contributed by atoms with Crippen LogP contribution in [0, 0.1) is 16.7 Å². The average molecular weight is 177 g/mol. The number of allylic oxidation sites excluding steroid dienone is 1. The van der Waals surface area contributed by atoms with Gasteiger partial charge in [0, 0.05) is 6.42 Å². The van der Waals surface area contributed by atoms with Crippen molar-refractivity contribution in [1.29, 1.82) is 5.26 Å². The quantitative estimate of drug-likeness (QED) is 0.608. The molecule has 1 atom stereocenters. The van der Waals surface area contributed by atoms with E-state index in [1.54, 1.807) is 0 Å². The zero-order valence-electron chi connectivity index (χ0n) is 8.10. The first-order chi connectivity index (χ1) is 6.10. The number of carbonyl (C=O) groups is 1. The van der Waals surface area contributed by atoms with Crippen molar-refractivity contribution in [3.05, 3.63) is 12.2 Å². The Balaban J connectivity index is 2.84. The molecule has 70 valence electrons. The van der Waals surface area contributed by atoms with Crippen LogP contribution in [0.1, 0.15) is 39.0 Å². The van der Waals surface area contributed by atoms with E-state index in [2.05, 4.69) is 12.6 Å². The lowest BCUT2D eigenvalue weighted by Crippen LogP contribution is -2.32. The molecule has 0 N–H and O–H groups in total. The summed E-state index contributed by atoms with van der Waals surface area (Å²) < 4.78 is 0. The van der Waals surface area contributed by atoms with Gasteiger partial charge in [0.2, 0.25) is 0 Å². The van der Waals surface area contributed by atoms with E-state index in [9.17, 15) is 4.79 Å². The van der Waals surface area contributed by atoms with E-state index in [4.69, 9.17) is 5.26 Å². The van der Waals surface area contributed by atoms with Gasteiger partial charge in [-0.15, -0.1) is 6.58 Å². The van der Waals surface area contributed by atoms with Crippen molar-refractivity contribution in [2.75, 3.05) is 0 Å². The molecule has 1 fully saturated rings. The van der Waals surface area contributed by atoms with Crippen LogP contribution in [0.4, 0.5) is 0 Å². The second-order valence-corrected chi connectivity index (χ2v) is 3.96. The maximum Gasteiger partial charge on any atom is 0.153 e. The first-order valence-electron chi connectivity index (χ1n) is 4.70. The maximum atomic E-state index is 11.6. The third kappa shape index (κ3) is 1.98. The summed E-state index contributed by atoms with van der Waals surface area (Å²) in [5.41, 5.74) is 0.196. The van der Waals surface area contributed by atoms with Crippen molar-refractivity contribution in [3.63, 3.8) is 0 Å². The summed E-state index contributed by atoms with van der Waals surface area (Å²) in [6.07, 6.45) is 3.77. The van der Waals surface area contributed by atoms with E-state index < -0.39 is 5.41 Å². The van der Waals surface area contributed by atoms with Crippen LogP contribution >= 0.6 is 0 Å². The Morgan fingerprint density at radius 1 is 1.69 bits per heavy atom. The van der Waals surface area contributed by atoms with E-state index >= 15 is 0 Å². The fourth-order valence-corrected chi connectivity index (χ4v) is 1.95. The van der Waals surface area contributed by atoms with Gasteiger partial charge < -0.3 is 0 Å². The molecular formula is C11H15NO. The van der Waals surface area contributed by atoms with Crippen molar-refractivity contribution in [2.45, 2.75) is 39.0 Å². The molecule has 0 aromatic rings. The number of nitrogens with zero attached hydrogens (tertiary/aromatic N) is 1. The minimum Gasteiger partial charge on any atom is -0.298 e. The first kappa shape index (κ1) is 9.98. The van der Waals surface area contributed by atoms with Gasteiger partial charge in [-0.05, 0) is 26.2 Å². The molecule has 0 heterocycles. The molecule has 13 heavy (non-hydrogen) atoms. The molecule has 0 aromatic carbocycles. The Labute approximate surface area is 79.2 Å². The first-order valence-corrected chi connectivity index (χ1v) is 4.70. The molecule has 0 bridgehead atoms. The molecule has 1 aliphatic carbocycles. The van der Waals surface area contributed by atoms with E-state index in [0.29, 0.717) is 12.8 Å². The van der Waals surface area contributed by atoms with Gasteiger partial charge in [-0.25, -0.2) is 0 Å². The molecule has 1 aliphatic rings. The number of hydrogen-bond donors (Lipinski definition) is 0. The highest BCUT2D eigenvalue weighted by atomic mass is 16.1.